The molecular weight excluding hydrogens is 320 g/mol. The van der Waals surface area contributed by atoms with E-state index in [-0.39, 0.29) is 29.4 Å². The fraction of sp³-hybridized carbons (Fsp3) is 0.467. The number of aryl methyl sites for hydroxylation is 1. The molecule has 7 nitrogen and oxygen atoms in total. The summed E-state index contributed by atoms with van der Waals surface area (Å²) in [5.74, 6) is -1.72. The summed E-state index contributed by atoms with van der Waals surface area (Å²) in [6.07, 6.45) is 0. The molecule has 0 aromatic carbocycles. The average molecular weight is 340 g/mol. The molecule has 0 fully saturated rings. The van der Waals surface area contributed by atoms with Gasteiger partial charge in [-0.25, -0.2) is 9.78 Å². The van der Waals surface area contributed by atoms with Crippen LogP contribution in [0.5, 0.6) is 0 Å². The van der Waals surface area contributed by atoms with Gasteiger partial charge >= 0.3 is 11.9 Å². The first-order valence-corrected chi connectivity index (χ1v) is 8.01. The van der Waals surface area contributed by atoms with Crippen LogP contribution in [-0.4, -0.2) is 41.3 Å². The molecule has 1 amide bonds. The predicted octanol–water partition coefficient (Wildman–Crippen LogP) is 1.71. The molecule has 0 saturated carbocycles. The van der Waals surface area contributed by atoms with Gasteiger partial charge in [-0.2, -0.15) is 0 Å². The number of rotatable bonds is 7. The second kappa shape index (κ2) is 8.52. The van der Waals surface area contributed by atoms with Crippen molar-refractivity contribution in [2.45, 2.75) is 38.0 Å². The van der Waals surface area contributed by atoms with Crippen LogP contribution in [-0.2, 0) is 14.3 Å². The van der Waals surface area contributed by atoms with Crippen molar-refractivity contribution < 1.29 is 23.9 Å². The van der Waals surface area contributed by atoms with Gasteiger partial charge in [0.1, 0.15) is 10.3 Å². The Kier molecular flexibility index (Phi) is 7.02. The first kappa shape index (κ1) is 19.0. The van der Waals surface area contributed by atoms with Crippen LogP contribution in [0.15, 0.2) is 11.1 Å². The van der Waals surface area contributed by atoms with Crippen LogP contribution in [0.3, 0.4) is 0 Å². The summed E-state index contributed by atoms with van der Waals surface area (Å²) in [5.41, 5.74) is 6.00. The molecule has 2 N–H and O–H groups in total. The fourth-order valence-electron chi connectivity index (χ4n) is 1.74. The van der Waals surface area contributed by atoms with E-state index in [1.165, 1.54) is 6.07 Å². The molecule has 23 heavy (non-hydrogen) atoms. The number of aromatic nitrogens is 1. The molecule has 1 atom stereocenters. The van der Waals surface area contributed by atoms with Crippen LogP contribution in [0.1, 0.15) is 47.2 Å². The number of carbonyl (C=O) groups excluding carboxylic acids is 3. The highest BCUT2D eigenvalue weighted by Crippen LogP contribution is 2.27. The number of pyridine rings is 1. The van der Waals surface area contributed by atoms with Gasteiger partial charge in [0.2, 0.25) is 0 Å². The van der Waals surface area contributed by atoms with Gasteiger partial charge in [-0.1, -0.05) is 11.8 Å². The highest BCUT2D eigenvalue weighted by Gasteiger charge is 2.23. The molecule has 0 saturated heterocycles. The number of hydrogen-bond acceptors (Lipinski definition) is 7. The van der Waals surface area contributed by atoms with Crippen molar-refractivity contribution in [3.8, 4) is 0 Å². The number of nitrogens with zero attached hydrogens (tertiary/aromatic N) is 1. The Morgan fingerprint density at radius 1 is 1.22 bits per heavy atom. The van der Waals surface area contributed by atoms with E-state index in [4.69, 9.17) is 15.2 Å². The maximum absolute atomic E-state index is 11.9. The van der Waals surface area contributed by atoms with Crippen LogP contribution in [0.25, 0.3) is 0 Å². The topological polar surface area (TPSA) is 109 Å². The molecule has 0 spiro atoms. The number of esters is 2. The lowest BCUT2D eigenvalue weighted by molar-refractivity contribution is -0.142. The standard InChI is InChI=1S/C15H20N2O5S/c1-5-21-14(19)9(4)23-13-11(12(16)18)7-10(8(3)17-13)15(20)22-6-2/h7,9H,5-6H2,1-4H3,(H2,16,18)/t9-/m1/s1. The molecule has 0 unspecified atom stereocenters. The van der Waals surface area contributed by atoms with E-state index in [1.807, 2.05) is 0 Å². The van der Waals surface area contributed by atoms with Gasteiger partial charge < -0.3 is 15.2 Å². The largest absolute Gasteiger partial charge is 0.465 e. The molecule has 0 aliphatic carbocycles. The van der Waals surface area contributed by atoms with E-state index in [0.29, 0.717) is 5.69 Å². The van der Waals surface area contributed by atoms with E-state index >= 15 is 0 Å². The lowest BCUT2D eigenvalue weighted by Gasteiger charge is -2.14. The van der Waals surface area contributed by atoms with Gasteiger partial charge in [0.15, 0.2) is 0 Å². The van der Waals surface area contributed by atoms with Crippen LogP contribution < -0.4 is 5.73 Å². The smallest absolute Gasteiger partial charge is 0.339 e. The fourth-order valence-corrected chi connectivity index (χ4v) is 2.72. The van der Waals surface area contributed by atoms with Gasteiger partial charge in [-0.15, -0.1) is 0 Å². The zero-order valence-corrected chi connectivity index (χ0v) is 14.4. The molecule has 1 aromatic rings. The first-order chi connectivity index (χ1) is 10.8. The Morgan fingerprint density at radius 3 is 2.35 bits per heavy atom. The van der Waals surface area contributed by atoms with Crippen molar-refractivity contribution in [3.63, 3.8) is 0 Å². The highest BCUT2D eigenvalue weighted by molar-refractivity contribution is 8.00. The van der Waals surface area contributed by atoms with Crippen molar-refractivity contribution in [3.05, 3.63) is 22.9 Å². The number of hydrogen-bond donors (Lipinski definition) is 1. The molecule has 0 radical (unpaired) electrons. The molecule has 126 valence electrons. The van der Waals surface area contributed by atoms with Crippen LogP contribution in [0.4, 0.5) is 0 Å². The lowest BCUT2D eigenvalue weighted by Crippen LogP contribution is -2.20. The normalized spacial score (nSPS) is 11.7. The summed E-state index contributed by atoms with van der Waals surface area (Å²) >= 11 is 1.06. The zero-order chi connectivity index (χ0) is 17.6. The number of thioether (sulfide) groups is 1. The summed E-state index contributed by atoms with van der Waals surface area (Å²) in [7, 11) is 0. The predicted molar refractivity (Wildman–Crippen MR) is 85.4 cm³/mol. The van der Waals surface area contributed by atoms with Gasteiger partial charge in [-0.3, -0.25) is 9.59 Å². The third-order valence-corrected chi connectivity index (χ3v) is 3.93. The maximum atomic E-state index is 11.9. The minimum Gasteiger partial charge on any atom is -0.465 e. The molecule has 0 aliphatic heterocycles. The summed E-state index contributed by atoms with van der Waals surface area (Å²) in [5, 5.41) is -0.281. The van der Waals surface area contributed by atoms with Crippen LogP contribution >= 0.6 is 11.8 Å². The van der Waals surface area contributed by atoms with Crippen LogP contribution in [0, 0.1) is 6.92 Å². The molecule has 8 heteroatoms. The third-order valence-electron chi connectivity index (χ3n) is 2.85. The maximum Gasteiger partial charge on any atom is 0.339 e. The second-order valence-corrected chi connectivity index (χ2v) is 5.90. The minimum atomic E-state index is -0.735. The number of nitrogens with two attached hydrogens (primary N) is 1. The Morgan fingerprint density at radius 2 is 1.83 bits per heavy atom. The molecule has 0 aliphatic rings. The highest BCUT2D eigenvalue weighted by atomic mass is 32.2. The van der Waals surface area contributed by atoms with Gasteiger partial charge in [-0.05, 0) is 33.8 Å². The quantitative estimate of drug-likeness (QED) is 0.594. The van der Waals surface area contributed by atoms with Gasteiger partial charge in [0.25, 0.3) is 5.91 Å². The Hall–Kier alpha value is -2.09. The van der Waals surface area contributed by atoms with Crippen molar-refractivity contribution in [1.29, 1.82) is 0 Å². The van der Waals surface area contributed by atoms with Gasteiger partial charge in [0.05, 0.1) is 30.0 Å². The van der Waals surface area contributed by atoms with Crippen LogP contribution in [0.2, 0.25) is 0 Å². The molecule has 1 aromatic heterocycles. The van der Waals surface area contributed by atoms with E-state index in [2.05, 4.69) is 4.98 Å². The summed E-state index contributed by atoms with van der Waals surface area (Å²) in [6.45, 7) is 7.13. The van der Waals surface area contributed by atoms with Gasteiger partial charge in [0, 0.05) is 0 Å². The Labute approximate surface area is 138 Å². The van der Waals surface area contributed by atoms with Crippen molar-refractivity contribution in [1.82, 2.24) is 4.98 Å². The first-order valence-electron chi connectivity index (χ1n) is 7.13. The van der Waals surface area contributed by atoms with Crippen molar-refractivity contribution in [2.24, 2.45) is 5.73 Å². The molecule has 1 rings (SSSR count). The Bertz CT molecular complexity index is 618. The number of ether oxygens (including phenoxy) is 2. The number of carbonyl (C=O) groups is 3. The number of primary amides is 1. The molecule has 0 bridgehead atoms. The summed E-state index contributed by atoms with van der Waals surface area (Å²) in [4.78, 5) is 39.5. The SMILES string of the molecule is CCOC(=O)c1cc(C(N)=O)c(S[C@H](C)C(=O)OCC)nc1C. The minimum absolute atomic E-state index is 0.0693. The van der Waals surface area contributed by atoms with E-state index in [0.717, 1.165) is 11.8 Å². The van der Waals surface area contributed by atoms with Crippen molar-refractivity contribution in [2.75, 3.05) is 13.2 Å². The number of amides is 1. The molecule has 1 heterocycles. The summed E-state index contributed by atoms with van der Waals surface area (Å²) < 4.78 is 9.85. The van der Waals surface area contributed by atoms with E-state index in [1.54, 1.807) is 27.7 Å². The Balaban J connectivity index is 3.18. The van der Waals surface area contributed by atoms with E-state index in [9.17, 15) is 14.4 Å². The average Bonchev–Trinajstić information content (AvgIpc) is 2.47. The zero-order valence-electron chi connectivity index (χ0n) is 13.5. The lowest BCUT2D eigenvalue weighted by atomic mass is 10.1. The monoisotopic (exact) mass is 340 g/mol. The second-order valence-electron chi connectivity index (χ2n) is 4.57. The van der Waals surface area contributed by atoms with Crippen molar-refractivity contribution >= 4 is 29.6 Å². The summed E-state index contributed by atoms with van der Waals surface area (Å²) in [6, 6.07) is 1.35. The molecular formula is C15H20N2O5S. The van der Waals surface area contributed by atoms with E-state index < -0.39 is 23.1 Å². The third kappa shape index (κ3) is 4.95.